The molecule has 0 fully saturated rings. The molecule has 0 radical (unpaired) electrons. The summed E-state index contributed by atoms with van der Waals surface area (Å²) in [5.74, 6) is 0. The molecular formula is C24H20N4S2. The van der Waals surface area contributed by atoms with E-state index in [0.717, 1.165) is 33.5 Å². The molecule has 0 aliphatic carbocycles. The van der Waals surface area contributed by atoms with E-state index in [2.05, 4.69) is 33.4 Å². The molecule has 0 spiro atoms. The minimum atomic E-state index is 0.535. The fourth-order valence-corrected chi connectivity index (χ4v) is 3.60. The van der Waals surface area contributed by atoms with Crippen molar-refractivity contribution in [3.05, 3.63) is 97.1 Å². The van der Waals surface area contributed by atoms with E-state index in [4.69, 9.17) is 24.4 Å². The summed E-state index contributed by atoms with van der Waals surface area (Å²) in [7, 11) is 0. The lowest BCUT2D eigenvalue weighted by Gasteiger charge is -2.16. The summed E-state index contributed by atoms with van der Waals surface area (Å²) in [6.45, 7) is 0. The summed E-state index contributed by atoms with van der Waals surface area (Å²) >= 11 is 11.0. The fraction of sp³-hybridized carbons (Fsp3) is 0. The van der Waals surface area contributed by atoms with Gasteiger partial charge >= 0.3 is 0 Å². The Morgan fingerprint density at radius 2 is 0.833 bits per heavy atom. The van der Waals surface area contributed by atoms with Gasteiger partial charge in [-0.2, -0.15) is 0 Å². The van der Waals surface area contributed by atoms with Gasteiger partial charge in [0.05, 0.1) is 0 Å². The molecule has 0 unspecified atom stereocenters. The van der Waals surface area contributed by atoms with Gasteiger partial charge in [-0.3, -0.25) is 0 Å². The van der Waals surface area contributed by atoms with E-state index >= 15 is 0 Å². The van der Waals surface area contributed by atoms with Crippen molar-refractivity contribution in [1.29, 1.82) is 0 Å². The first-order chi connectivity index (χ1) is 14.7. The van der Waals surface area contributed by atoms with Crippen molar-refractivity contribution >= 4 is 68.2 Å². The number of anilines is 4. The molecule has 4 aromatic carbocycles. The highest BCUT2D eigenvalue weighted by Crippen LogP contribution is 2.29. The van der Waals surface area contributed by atoms with Gasteiger partial charge in [0.15, 0.2) is 10.2 Å². The van der Waals surface area contributed by atoms with Crippen molar-refractivity contribution in [1.82, 2.24) is 0 Å². The molecule has 0 atom stereocenters. The Labute approximate surface area is 186 Å². The highest BCUT2D eigenvalue weighted by atomic mass is 32.1. The fourth-order valence-electron chi connectivity index (χ4n) is 3.14. The van der Waals surface area contributed by atoms with E-state index < -0.39 is 0 Å². The molecule has 0 aliphatic rings. The molecular weight excluding hydrogens is 408 g/mol. The van der Waals surface area contributed by atoms with Crippen LogP contribution in [0.1, 0.15) is 0 Å². The molecule has 0 bridgehead atoms. The average molecular weight is 429 g/mol. The lowest BCUT2D eigenvalue weighted by atomic mass is 10.1. The number of nitrogens with one attached hydrogen (secondary N) is 4. The van der Waals surface area contributed by atoms with Crippen molar-refractivity contribution in [3.8, 4) is 0 Å². The van der Waals surface area contributed by atoms with Crippen molar-refractivity contribution in [2.24, 2.45) is 0 Å². The monoisotopic (exact) mass is 428 g/mol. The number of para-hydroxylation sites is 2. The van der Waals surface area contributed by atoms with Crippen LogP contribution < -0.4 is 21.3 Å². The second-order valence-electron chi connectivity index (χ2n) is 6.60. The van der Waals surface area contributed by atoms with Crippen LogP contribution in [0.4, 0.5) is 22.7 Å². The highest BCUT2D eigenvalue weighted by molar-refractivity contribution is 7.81. The summed E-state index contributed by atoms with van der Waals surface area (Å²) in [6.07, 6.45) is 0. The summed E-state index contributed by atoms with van der Waals surface area (Å²) in [5.41, 5.74) is 3.72. The Bertz CT molecular complexity index is 1080. The zero-order chi connectivity index (χ0) is 20.8. The van der Waals surface area contributed by atoms with E-state index in [1.807, 2.05) is 84.9 Å². The lowest BCUT2D eigenvalue weighted by molar-refractivity contribution is 1.60. The largest absolute Gasteiger partial charge is 0.332 e. The molecule has 4 N–H and O–H groups in total. The Morgan fingerprint density at radius 1 is 0.433 bits per heavy atom. The highest BCUT2D eigenvalue weighted by Gasteiger charge is 2.08. The van der Waals surface area contributed by atoms with Gasteiger partial charge in [0, 0.05) is 33.5 Å². The van der Waals surface area contributed by atoms with E-state index in [1.165, 1.54) is 0 Å². The van der Waals surface area contributed by atoms with Gasteiger partial charge in [-0.25, -0.2) is 0 Å². The van der Waals surface area contributed by atoms with Crippen LogP contribution in [0.3, 0.4) is 0 Å². The molecule has 0 heterocycles. The summed E-state index contributed by atoms with van der Waals surface area (Å²) in [5, 5.41) is 16.2. The number of fused-ring (bicyclic) bond motifs is 1. The Kier molecular flexibility index (Phi) is 6.17. The third-order valence-corrected chi connectivity index (χ3v) is 4.89. The van der Waals surface area contributed by atoms with Crippen molar-refractivity contribution in [3.63, 3.8) is 0 Å². The lowest BCUT2D eigenvalue weighted by Crippen LogP contribution is -2.20. The minimum Gasteiger partial charge on any atom is -0.332 e. The van der Waals surface area contributed by atoms with Crippen molar-refractivity contribution in [2.45, 2.75) is 0 Å². The van der Waals surface area contributed by atoms with Crippen LogP contribution in [0.5, 0.6) is 0 Å². The predicted molar refractivity (Wildman–Crippen MR) is 137 cm³/mol. The van der Waals surface area contributed by atoms with Gasteiger partial charge in [0.25, 0.3) is 0 Å². The van der Waals surface area contributed by atoms with E-state index in [1.54, 1.807) is 0 Å². The first-order valence-corrected chi connectivity index (χ1v) is 10.3. The van der Waals surface area contributed by atoms with Gasteiger partial charge in [-0.15, -0.1) is 0 Å². The first kappa shape index (κ1) is 19.8. The zero-order valence-electron chi connectivity index (χ0n) is 16.1. The van der Waals surface area contributed by atoms with Crippen LogP contribution in [-0.4, -0.2) is 10.2 Å². The van der Waals surface area contributed by atoms with E-state index in [0.29, 0.717) is 10.2 Å². The van der Waals surface area contributed by atoms with Gasteiger partial charge in [-0.05, 0) is 60.8 Å². The molecule has 0 saturated carbocycles. The maximum absolute atomic E-state index is 5.49. The molecule has 0 amide bonds. The van der Waals surface area contributed by atoms with Crippen molar-refractivity contribution in [2.75, 3.05) is 21.3 Å². The topological polar surface area (TPSA) is 48.1 Å². The number of benzene rings is 4. The number of hydrogen-bond acceptors (Lipinski definition) is 2. The summed E-state index contributed by atoms with van der Waals surface area (Å²) < 4.78 is 0. The molecule has 0 aliphatic heterocycles. The zero-order valence-corrected chi connectivity index (χ0v) is 17.7. The number of rotatable bonds is 4. The Morgan fingerprint density at radius 3 is 1.23 bits per heavy atom. The normalized spacial score (nSPS) is 10.3. The molecule has 0 saturated heterocycles. The van der Waals surface area contributed by atoms with Crippen LogP contribution in [0.2, 0.25) is 0 Å². The smallest absolute Gasteiger partial charge is 0.175 e. The van der Waals surface area contributed by atoms with Crippen LogP contribution in [-0.2, 0) is 0 Å². The minimum absolute atomic E-state index is 0.535. The number of thiocarbonyl (C=S) groups is 2. The third kappa shape index (κ3) is 4.92. The average Bonchev–Trinajstić information content (AvgIpc) is 2.76. The molecule has 148 valence electrons. The van der Waals surface area contributed by atoms with Crippen LogP contribution >= 0.6 is 24.4 Å². The molecule has 0 aromatic heterocycles. The second-order valence-corrected chi connectivity index (χ2v) is 7.41. The number of hydrogen-bond donors (Lipinski definition) is 4. The summed E-state index contributed by atoms with van der Waals surface area (Å²) in [4.78, 5) is 0. The maximum Gasteiger partial charge on any atom is 0.175 e. The molecule has 6 heteroatoms. The molecule has 30 heavy (non-hydrogen) atoms. The SMILES string of the molecule is S=C(Nc1ccccc1)Nc1cccc2c(NC(=S)Nc3ccccc3)cccc12. The first-order valence-electron chi connectivity index (χ1n) is 9.47. The third-order valence-electron chi connectivity index (χ3n) is 4.48. The predicted octanol–water partition coefficient (Wildman–Crippen LogP) is 6.46. The van der Waals surface area contributed by atoms with Gasteiger partial charge in [0.2, 0.25) is 0 Å². The standard InChI is InChI=1S/C24H20N4S2/c29-23(25-17-9-3-1-4-10-17)27-21-15-7-14-20-19(21)13-8-16-22(20)28-24(30)26-18-11-5-2-6-12-18/h1-16H,(H2,25,27,29)(H2,26,28,30). The van der Waals surface area contributed by atoms with Crippen LogP contribution in [0, 0.1) is 0 Å². The second kappa shape index (κ2) is 9.35. The quantitative estimate of drug-likeness (QED) is 0.280. The Balaban J connectivity index is 1.52. The van der Waals surface area contributed by atoms with Crippen molar-refractivity contribution < 1.29 is 0 Å². The Hall–Kier alpha value is -3.48. The molecule has 4 rings (SSSR count). The van der Waals surface area contributed by atoms with Gasteiger partial charge < -0.3 is 21.3 Å². The van der Waals surface area contributed by atoms with Gasteiger partial charge in [0.1, 0.15) is 0 Å². The molecule has 4 aromatic rings. The maximum atomic E-state index is 5.49. The summed E-state index contributed by atoms with van der Waals surface area (Å²) in [6, 6.07) is 31.8. The van der Waals surface area contributed by atoms with Crippen LogP contribution in [0.15, 0.2) is 97.1 Å². The van der Waals surface area contributed by atoms with Crippen LogP contribution in [0.25, 0.3) is 10.8 Å². The van der Waals surface area contributed by atoms with E-state index in [9.17, 15) is 0 Å². The molecule has 4 nitrogen and oxygen atoms in total. The van der Waals surface area contributed by atoms with Gasteiger partial charge in [-0.1, -0.05) is 60.7 Å². The van der Waals surface area contributed by atoms with E-state index in [-0.39, 0.29) is 0 Å².